The summed E-state index contributed by atoms with van der Waals surface area (Å²) in [4.78, 5) is 52.3. The van der Waals surface area contributed by atoms with E-state index in [1.165, 1.54) is 43.3 Å². The lowest BCUT2D eigenvalue weighted by Crippen LogP contribution is -2.54. The summed E-state index contributed by atoms with van der Waals surface area (Å²) in [6.45, 7) is 2.89. The Balaban J connectivity index is 1.38. The summed E-state index contributed by atoms with van der Waals surface area (Å²) in [5.41, 5.74) is -1.39. The average molecular weight is 527 g/mol. The zero-order valence-corrected chi connectivity index (χ0v) is 21.0. The van der Waals surface area contributed by atoms with Gasteiger partial charge in [-0.2, -0.15) is 0 Å². The van der Waals surface area contributed by atoms with Crippen molar-refractivity contribution >= 4 is 40.5 Å². The van der Waals surface area contributed by atoms with Crippen LogP contribution in [-0.2, 0) is 9.59 Å². The van der Waals surface area contributed by atoms with Crippen LogP contribution in [-0.4, -0.2) is 34.9 Å². The first-order chi connectivity index (χ1) is 17.6. The minimum absolute atomic E-state index is 0.00442. The van der Waals surface area contributed by atoms with Crippen molar-refractivity contribution in [1.29, 1.82) is 0 Å². The van der Waals surface area contributed by atoms with Crippen LogP contribution in [0.5, 0.6) is 5.75 Å². The van der Waals surface area contributed by atoms with E-state index in [1.807, 2.05) is 6.92 Å². The lowest BCUT2D eigenvalue weighted by molar-refractivity contribution is -0.142. The zero-order chi connectivity index (χ0) is 26.5. The molecular weight excluding hydrogens is 503 g/mol. The standard InChI is InChI=1S/C27H24ClFN2O6/c1-14-6-3-4-11-27(14)25(34)31(26(35)30-27)13-21(32)37-16-9-10-17-20(12-16)36-15(2)22(24(17)33)23-18(28)7-5-8-19(23)29/h5,7-10,12,14H,3-4,6,11,13H2,1-2H3,(H,30,35). The molecule has 1 saturated carbocycles. The first-order valence-electron chi connectivity index (χ1n) is 12.0. The molecule has 1 aliphatic carbocycles. The quantitative estimate of drug-likeness (QED) is 0.292. The summed E-state index contributed by atoms with van der Waals surface area (Å²) >= 11 is 6.15. The van der Waals surface area contributed by atoms with Crippen LogP contribution < -0.4 is 15.5 Å². The van der Waals surface area contributed by atoms with Gasteiger partial charge in [-0.3, -0.25) is 14.5 Å². The number of imide groups is 1. The first-order valence-corrected chi connectivity index (χ1v) is 12.4. The zero-order valence-electron chi connectivity index (χ0n) is 20.2. The molecule has 1 N–H and O–H groups in total. The van der Waals surface area contributed by atoms with E-state index in [9.17, 15) is 23.6 Å². The second kappa shape index (κ2) is 9.30. The molecular formula is C27H24ClFN2O6. The minimum Gasteiger partial charge on any atom is -0.460 e. The average Bonchev–Trinajstić information content (AvgIpc) is 3.07. The maximum Gasteiger partial charge on any atom is 0.331 e. The predicted molar refractivity (Wildman–Crippen MR) is 134 cm³/mol. The Morgan fingerprint density at radius 2 is 2.00 bits per heavy atom. The van der Waals surface area contributed by atoms with Crippen molar-refractivity contribution in [3.63, 3.8) is 0 Å². The Labute approximate surface area is 216 Å². The second-order valence-corrected chi connectivity index (χ2v) is 9.94. The maximum absolute atomic E-state index is 14.5. The number of hydrogen-bond acceptors (Lipinski definition) is 6. The Morgan fingerprint density at radius 1 is 1.22 bits per heavy atom. The van der Waals surface area contributed by atoms with Gasteiger partial charge in [0.2, 0.25) is 5.43 Å². The van der Waals surface area contributed by atoms with E-state index >= 15 is 0 Å². The van der Waals surface area contributed by atoms with E-state index in [4.69, 9.17) is 20.8 Å². The molecule has 1 aliphatic heterocycles. The van der Waals surface area contributed by atoms with Crippen LogP contribution in [0, 0.1) is 18.7 Å². The molecule has 3 aromatic rings. The molecule has 0 radical (unpaired) electrons. The molecule has 0 bridgehead atoms. The summed E-state index contributed by atoms with van der Waals surface area (Å²) in [5, 5.41) is 3.01. The number of urea groups is 1. The van der Waals surface area contributed by atoms with Gasteiger partial charge in [0.15, 0.2) is 0 Å². The van der Waals surface area contributed by atoms with E-state index in [2.05, 4.69) is 5.32 Å². The van der Waals surface area contributed by atoms with Gasteiger partial charge in [0.05, 0.1) is 16.0 Å². The number of aryl methyl sites for hydroxylation is 1. The molecule has 2 aliphatic rings. The molecule has 37 heavy (non-hydrogen) atoms. The van der Waals surface area contributed by atoms with Crippen LogP contribution in [0.2, 0.25) is 5.02 Å². The first kappa shape index (κ1) is 25.0. The third kappa shape index (κ3) is 4.17. The molecule has 8 nitrogen and oxygen atoms in total. The molecule has 2 heterocycles. The normalized spacial score (nSPS) is 21.5. The molecule has 2 unspecified atom stereocenters. The summed E-state index contributed by atoms with van der Waals surface area (Å²) in [6, 6.07) is 7.64. The summed E-state index contributed by atoms with van der Waals surface area (Å²) in [7, 11) is 0. The number of esters is 1. The lowest BCUT2D eigenvalue weighted by atomic mass is 9.73. The highest BCUT2D eigenvalue weighted by atomic mass is 35.5. The number of nitrogens with zero attached hydrogens (tertiary/aromatic N) is 1. The smallest absolute Gasteiger partial charge is 0.331 e. The van der Waals surface area contributed by atoms with Gasteiger partial charge in [0, 0.05) is 11.6 Å². The van der Waals surface area contributed by atoms with Gasteiger partial charge >= 0.3 is 12.0 Å². The molecule has 2 fully saturated rings. The topological polar surface area (TPSA) is 106 Å². The lowest BCUT2D eigenvalue weighted by Gasteiger charge is -2.36. The van der Waals surface area contributed by atoms with Crippen molar-refractivity contribution in [2.24, 2.45) is 5.92 Å². The van der Waals surface area contributed by atoms with Gasteiger partial charge in [-0.15, -0.1) is 0 Å². The van der Waals surface area contributed by atoms with Gasteiger partial charge in [-0.05, 0) is 49.9 Å². The highest BCUT2D eigenvalue weighted by molar-refractivity contribution is 6.33. The van der Waals surface area contributed by atoms with Gasteiger partial charge in [-0.25, -0.2) is 14.0 Å². The molecule has 192 valence electrons. The second-order valence-electron chi connectivity index (χ2n) is 9.53. The number of carbonyl (C=O) groups excluding carboxylic acids is 3. The molecule has 2 aromatic carbocycles. The van der Waals surface area contributed by atoms with Gasteiger partial charge < -0.3 is 14.5 Å². The van der Waals surface area contributed by atoms with Crippen molar-refractivity contribution in [3.8, 4) is 16.9 Å². The number of fused-ring (bicyclic) bond motifs is 1. The van der Waals surface area contributed by atoms with Gasteiger partial charge in [-0.1, -0.05) is 37.4 Å². The number of rotatable bonds is 4. The van der Waals surface area contributed by atoms with Crippen LogP contribution in [0.1, 0.15) is 38.4 Å². The molecule has 1 aromatic heterocycles. The number of amides is 3. The van der Waals surface area contributed by atoms with E-state index in [-0.39, 0.29) is 44.5 Å². The fourth-order valence-electron chi connectivity index (χ4n) is 5.31. The number of ether oxygens (including phenoxy) is 1. The Bertz CT molecular complexity index is 1500. The Kier molecular flexibility index (Phi) is 6.27. The van der Waals surface area contributed by atoms with E-state index in [0.29, 0.717) is 6.42 Å². The van der Waals surface area contributed by atoms with Crippen LogP contribution >= 0.6 is 11.6 Å². The van der Waals surface area contributed by atoms with Crippen LogP contribution in [0.25, 0.3) is 22.1 Å². The number of hydrogen-bond donors (Lipinski definition) is 1. The molecule has 1 saturated heterocycles. The van der Waals surface area contributed by atoms with E-state index in [1.54, 1.807) is 0 Å². The Hall–Kier alpha value is -3.72. The van der Waals surface area contributed by atoms with Crippen molar-refractivity contribution in [3.05, 3.63) is 63.2 Å². The fourth-order valence-corrected chi connectivity index (χ4v) is 5.56. The van der Waals surface area contributed by atoms with Crippen LogP contribution in [0.15, 0.2) is 45.6 Å². The summed E-state index contributed by atoms with van der Waals surface area (Å²) < 4.78 is 25.6. The van der Waals surface area contributed by atoms with Crippen molar-refractivity contribution < 1.29 is 27.9 Å². The van der Waals surface area contributed by atoms with Crippen LogP contribution in [0.3, 0.4) is 0 Å². The minimum atomic E-state index is -0.974. The molecule has 10 heteroatoms. The molecule has 2 atom stereocenters. The van der Waals surface area contributed by atoms with Crippen molar-refractivity contribution in [1.82, 2.24) is 10.2 Å². The highest BCUT2D eigenvalue weighted by Gasteiger charge is 2.55. The van der Waals surface area contributed by atoms with E-state index in [0.717, 1.165) is 24.2 Å². The SMILES string of the molecule is Cc1oc2cc(OC(=O)CN3C(=O)NC4(CCCCC4C)C3=O)ccc2c(=O)c1-c1c(F)cccc1Cl. The monoisotopic (exact) mass is 526 g/mol. The highest BCUT2D eigenvalue weighted by Crippen LogP contribution is 2.38. The molecule has 5 rings (SSSR count). The molecule has 3 amide bonds. The van der Waals surface area contributed by atoms with Gasteiger partial charge in [0.25, 0.3) is 5.91 Å². The third-order valence-electron chi connectivity index (χ3n) is 7.27. The number of nitrogens with one attached hydrogen (secondary N) is 1. The molecule has 1 spiro atoms. The number of carbonyl (C=O) groups is 3. The fraction of sp³-hybridized carbons (Fsp3) is 0.333. The summed E-state index contributed by atoms with van der Waals surface area (Å²) in [5.74, 6) is -1.73. The van der Waals surface area contributed by atoms with Crippen LogP contribution in [0.4, 0.5) is 9.18 Å². The van der Waals surface area contributed by atoms with Crippen molar-refractivity contribution in [2.45, 2.75) is 45.1 Å². The number of benzene rings is 2. The van der Waals surface area contributed by atoms with E-state index < -0.39 is 41.2 Å². The predicted octanol–water partition coefficient (Wildman–Crippen LogP) is 4.97. The van der Waals surface area contributed by atoms with Gasteiger partial charge in [0.1, 0.15) is 35.0 Å². The maximum atomic E-state index is 14.5. The number of halogens is 2. The summed E-state index contributed by atoms with van der Waals surface area (Å²) in [6.07, 6.45) is 3.16. The largest absolute Gasteiger partial charge is 0.460 e. The Morgan fingerprint density at radius 3 is 2.73 bits per heavy atom. The third-order valence-corrected chi connectivity index (χ3v) is 7.59. The van der Waals surface area contributed by atoms with Crippen molar-refractivity contribution in [2.75, 3.05) is 6.54 Å².